The lowest BCUT2D eigenvalue weighted by Crippen LogP contribution is -2.33. The Kier molecular flexibility index (Phi) is 3.07. The Hall–Kier alpha value is -0.150. The second-order valence-corrected chi connectivity index (χ2v) is 11.6. The Balaban J connectivity index is 2.22. The van der Waals surface area contributed by atoms with Crippen LogP contribution in [0, 0.1) is 0 Å². The minimum absolute atomic E-state index is 0.0984. The third-order valence-electron chi connectivity index (χ3n) is 3.31. The molecule has 17 heavy (non-hydrogen) atoms. The number of hydrogen-bond acceptors (Lipinski definition) is 6. The molecular weight excluding hydrogens is 288 g/mol. The summed E-state index contributed by atoms with van der Waals surface area (Å²) < 4.78 is 69.2. The molecule has 9 heteroatoms. The van der Waals surface area contributed by atoms with E-state index in [-0.39, 0.29) is 35.9 Å². The maximum Gasteiger partial charge on any atom is 0.158 e. The Morgan fingerprint density at radius 1 is 0.765 bits per heavy atom. The van der Waals surface area contributed by atoms with Crippen molar-refractivity contribution in [3.63, 3.8) is 0 Å². The van der Waals surface area contributed by atoms with Crippen LogP contribution in [-0.4, -0.2) is 58.8 Å². The maximum absolute atomic E-state index is 12.1. The first kappa shape index (κ1) is 13.3. The van der Waals surface area contributed by atoms with E-state index in [0.29, 0.717) is 0 Å². The van der Waals surface area contributed by atoms with Gasteiger partial charge in [0, 0.05) is 0 Å². The second kappa shape index (κ2) is 3.92. The largest absolute Gasteiger partial charge is 0.229 e. The molecule has 2 fully saturated rings. The van der Waals surface area contributed by atoms with Gasteiger partial charge in [-0.05, 0) is 12.8 Å². The molecule has 0 aromatic carbocycles. The van der Waals surface area contributed by atoms with E-state index in [4.69, 9.17) is 0 Å². The fraction of sp³-hybridized carbons (Fsp3) is 1.00. The average Bonchev–Trinajstić information content (AvgIpc) is 2.69. The van der Waals surface area contributed by atoms with E-state index in [1.165, 1.54) is 0 Å². The molecule has 0 aromatic heterocycles. The van der Waals surface area contributed by atoms with Gasteiger partial charge in [-0.15, -0.1) is 0 Å². The van der Waals surface area contributed by atoms with E-state index in [1.807, 2.05) is 0 Å². The van der Waals surface area contributed by atoms with Crippen LogP contribution in [0.1, 0.15) is 12.8 Å². The van der Waals surface area contributed by atoms with Gasteiger partial charge >= 0.3 is 0 Å². The molecule has 2 atom stereocenters. The van der Waals surface area contributed by atoms with E-state index >= 15 is 0 Å². The summed E-state index contributed by atoms with van der Waals surface area (Å²) in [7, 11) is -10.2. The van der Waals surface area contributed by atoms with Gasteiger partial charge in [0.15, 0.2) is 29.5 Å². The summed E-state index contributed by atoms with van der Waals surface area (Å²) in [6, 6.07) is 0. The maximum atomic E-state index is 12.1. The first-order chi connectivity index (χ1) is 7.62. The highest BCUT2D eigenvalue weighted by molar-refractivity contribution is 7.98. The second-order valence-electron chi connectivity index (χ2n) is 4.64. The highest BCUT2D eigenvalue weighted by atomic mass is 32.2. The Morgan fingerprint density at radius 3 is 1.35 bits per heavy atom. The average molecular weight is 302 g/mol. The molecule has 0 spiro atoms. The predicted octanol–water partition coefficient (Wildman–Crippen LogP) is -1.22. The molecule has 100 valence electrons. The van der Waals surface area contributed by atoms with Crippen LogP contribution in [0.2, 0.25) is 0 Å². The molecule has 0 bridgehead atoms. The lowest BCUT2D eigenvalue weighted by atomic mass is 10.4. The Morgan fingerprint density at radius 2 is 1.12 bits per heavy atom. The van der Waals surface area contributed by atoms with Crippen LogP contribution in [-0.2, 0) is 29.5 Å². The van der Waals surface area contributed by atoms with Crippen molar-refractivity contribution in [1.29, 1.82) is 0 Å². The summed E-state index contributed by atoms with van der Waals surface area (Å²) in [5.74, 6) is -0.940. The van der Waals surface area contributed by atoms with Crippen molar-refractivity contribution in [3.8, 4) is 0 Å². The zero-order valence-corrected chi connectivity index (χ0v) is 11.5. The fourth-order valence-corrected chi connectivity index (χ4v) is 9.90. The van der Waals surface area contributed by atoms with Gasteiger partial charge < -0.3 is 0 Å². The van der Waals surface area contributed by atoms with Crippen molar-refractivity contribution in [2.75, 3.05) is 23.0 Å². The third kappa shape index (κ3) is 2.65. The zero-order valence-electron chi connectivity index (χ0n) is 9.07. The highest BCUT2D eigenvalue weighted by Gasteiger charge is 2.45. The molecule has 0 saturated carbocycles. The molecule has 0 radical (unpaired) electrons. The summed E-state index contributed by atoms with van der Waals surface area (Å²) in [6.45, 7) is 0. The van der Waals surface area contributed by atoms with Crippen molar-refractivity contribution in [1.82, 2.24) is 0 Å². The molecule has 2 aliphatic rings. The van der Waals surface area contributed by atoms with Gasteiger partial charge in [0.2, 0.25) is 0 Å². The van der Waals surface area contributed by atoms with E-state index in [9.17, 15) is 25.3 Å². The quantitative estimate of drug-likeness (QED) is 0.633. The number of hydrogen-bond donors (Lipinski definition) is 0. The van der Waals surface area contributed by atoms with Gasteiger partial charge in [0.25, 0.3) is 0 Å². The molecule has 2 aliphatic heterocycles. The van der Waals surface area contributed by atoms with E-state index in [0.717, 1.165) is 0 Å². The predicted molar refractivity (Wildman–Crippen MR) is 63.0 cm³/mol. The fourth-order valence-electron chi connectivity index (χ4n) is 2.31. The molecule has 0 N–H and O–H groups in total. The van der Waals surface area contributed by atoms with Crippen LogP contribution in [0.15, 0.2) is 0 Å². The van der Waals surface area contributed by atoms with Crippen molar-refractivity contribution in [2.24, 2.45) is 0 Å². The van der Waals surface area contributed by atoms with Crippen LogP contribution in [0.25, 0.3) is 0 Å². The molecule has 2 rings (SSSR count). The third-order valence-corrected chi connectivity index (χ3v) is 9.93. The molecule has 0 amide bonds. The van der Waals surface area contributed by atoms with E-state index < -0.39 is 40.0 Å². The number of sulfone groups is 3. The molecule has 0 aliphatic carbocycles. The molecule has 2 saturated heterocycles. The normalized spacial score (nSPS) is 36.0. The Labute approximate surface area is 101 Å². The van der Waals surface area contributed by atoms with Gasteiger partial charge in [-0.25, -0.2) is 25.3 Å². The van der Waals surface area contributed by atoms with Gasteiger partial charge in [-0.3, -0.25) is 0 Å². The summed E-state index contributed by atoms with van der Waals surface area (Å²) in [5, 5.41) is -1.82. The zero-order chi connectivity index (χ0) is 12.9. The minimum Gasteiger partial charge on any atom is -0.229 e. The SMILES string of the molecule is O=S1(=O)CCC(S(=O)(=O)C2CCS(=O)(=O)C2)C1. The lowest BCUT2D eigenvalue weighted by Gasteiger charge is -2.14. The molecule has 2 heterocycles. The summed E-state index contributed by atoms with van der Waals surface area (Å²) in [6.07, 6.45) is 0.197. The van der Waals surface area contributed by atoms with Crippen LogP contribution in [0.5, 0.6) is 0 Å². The van der Waals surface area contributed by atoms with Crippen molar-refractivity contribution in [2.45, 2.75) is 23.3 Å². The first-order valence-electron chi connectivity index (χ1n) is 5.26. The van der Waals surface area contributed by atoms with Crippen LogP contribution in [0.4, 0.5) is 0 Å². The van der Waals surface area contributed by atoms with E-state index in [2.05, 4.69) is 0 Å². The minimum atomic E-state index is -3.64. The molecule has 0 aromatic rings. The summed E-state index contributed by atoms with van der Waals surface area (Å²) >= 11 is 0. The summed E-state index contributed by atoms with van der Waals surface area (Å²) in [4.78, 5) is 0. The van der Waals surface area contributed by atoms with Gasteiger partial charge in [-0.2, -0.15) is 0 Å². The monoisotopic (exact) mass is 302 g/mol. The lowest BCUT2D eigenvalue weighted by molar-refractivity contribution is 0.569. The van der Waals surface area contributed by atoms with Gasteiger partial charge in [0.1, 0.15) is 0 Å². The first-order valence-corrected chi connectivity index (χ1v) is 10.5. The highest BCUT2D eigenvalue weighted by Crippen LogP contribution is 2.28. The van der Waals surface area contributed by atoms with Gasteiger partial charge in [0.05, 0.1) is 33.5 Å². The summed E-state index contributed by atoms with van der Waals surface area (Å²) in [5.41, 5.74) is 0. The smallest absolute Gasteiger partial charge is 0.158 e. The van der Waals surface area contributed by atoms with Crippen LogP contribution < -0.4 is 0 Å². The van der Waals surface area contributed by atoms with E-state index in [1.54, 1.807) is 0 Å². The van der Waals surface area contributed by atoms with Crippen LogP contribution >= 0.6 is 0 Å². The Bertz CT molecular complexity index is 562. The van der Waals surface area contributed by atoms with Crippen molar-refractivity contribution in [3.05, 3.63) is 0 Å². The molecular formula is C8H14O6S3. The van der Waals surface area contributed by atoms with Gasteiger partial charge in [-0.1, -0.05) is 0 Å². The number of rotatable bonds is 2. The standard InChI is InChI=1S/C8H14O6S3/c9-15(10)3-1-7(5-15)17(13,14)8-2-4-16(11,12)6-8/h7-8H,1-6H2. The van der Waals surface area contributed by atoms with Crippen LogP contribution in [0.3, 0.4) is 0 Å². The molecule has 6 nitrogen and oxygen atoms in total. The topological polar surface area (TPSA) is 102 Å². The van der Waals surface area contributed by atoms with Crippen molar-refractivity contribution >= 4 is 29.5 Å². The van der Waals surface area contributed by atoms with Crippen molar-refractivity contribution < 1.29 is 25.3 Å². The molecule has 2 unspecified atom stereocenters.